The number of carbonyl (C=O) groups excluding carboxylic acids is 1. The summed E-state index contributed by atoms with van der Waals surface area (Å²) in [5.41, 5.74) is 2.03. The molecule has 0 bridgehead atoms. The summed E-state index contributed by atoms with van der Waals surface area (Å²) < 4.78 is 1.71. The average molecular weight is 388 g/mol. The molecule has 0 aliphatic carbocycles. The van der Waals surface area contributed by atoms with Crippen LogP contribution in [0.4, 0.5) is 0 Å². The first-order valence-corrected chi connectivity index (χ1v) is 10.1. The van der Waals surface area contributed by atoms with E-state index in [-0.39, 0.29) is 17.7 Å². The van der Waals surface area contributed by atoms with Crippen LogP contribution in [0.15, 0.2) is 84.3 Å². The number of hydrogen-bond donors (Lipinski definition) is 1. The van der Waals surface area contributed by atoms with E-state index >= 15 is 0 Å². The standard InChI is InChI=1S/C22H20N4OS/c1-16(18-12-11-17-7-5-6-8-19(17)13-18)24-21(27)14-28-22-23-15-26(25-22)20-9-3-2-4-10-20/h2-13,15-16H,14H2,1H3,(H,24,27). The predicted molar refractivity (Wildman–Crippen MR) is 113 cm³/mol. The molecule has 1 atom stereocenters. The summed E-state index contributed by atoms with van der Waals surface area (Å²) in [5, 5.41) is 10.4. The summed E-state index contributed by atoms with van der Waals surface area (Å²) in [6.07, 6.45) is 1.66. The van der Waals surface area contributed by atoms with E-state index in [4.69, 9.17) is 0 Å². The molecule has 140 valence electrons. The molecule has 4 rings (SSSR count). The predicted octanol–water partition coefficient (Wildman–Crippen LogP) is 4.39. The van der Waals surface area contributed by atoms with E-state index in [0.717, 1.165) is 11.3 Å². The number of benzene rings is 3. The van der Waals surface area contributed by atoms with Gasteiger partial charge in [0.15, 0.2) is 0 Å². The third kappa shape index (κ3) is 4.23. The Bertz CT molecular complexity index is 1090. The zero-order valence-electron chi connectivity index (χ0n) is 15.4. The molecule has 0 aliphatic heterocycles. The summed E-state index contributed by atoms with van der Waals surface area (Å²) in [7, 11) is 0. The highest BCUT2D eigenvalue weighted by Crippen LogP contribution is 2.21. The van der Waals surface area contributed by atoms with Crippen LogP contribution in [0.25, 0.3) is 16.5 Å². The zero-order valence-corrected chi connectivity index (χ0v) is 16.3. The normalized spacial score (nSPS) is 12.0. The average Bonchev–Trinajstić information content (AvgIpc) is 3.22. The lowest BCUT2D eigenvalue weighted by Crippen LogP contribution is -2.28. The Hall–Kier alpha value is -3.12. The van der Waals surface area contributed by atoms with E-state index in [1.807, 2.05) is 49.4 Å². The third-order valence-electron chi connectivity index (χ3n) is 4.47. The summed E-state index contributed by atoms with van der Waals surface area (Å²) in [5.74, 6) is 0.234. The number of thioether (sulfide) groups is 1. The molecule has 3 aromatic carbocycles. The number of hydrogen-bond acceptors (Lipinski definition) is 4. The summed E-state index contributed by atoms with van der Waals surface area (Å²) in [4.78, 5) is 16.6. The number of nitrogens with zero attached hydrogens (tertiary/aromatic N) is 3. The highest BCUT2D eigenvalue weighted by Gasteiger charge is 2.12. The lowest BCUT2D eigenvalue weighted by molar-refractivity contribution is -0.119. The topological polar surface area (TPSA) is 59.8 Å². The van der Waals surface area contributed by atoms with Gasteiger partial charge in [-0.1, -0.05) is 66.4 Å². The van der Waals surface area contributed by atoms with Crippen molar-refractivity contribution in [2.24, 2.45) is 0 Å². The van der Waals surface area contributed by atoms with Crippen LogP contribution in [-0.4, -0.2) is 26.4 Å². The van der Waals surface area contributed by atoms with Gasteiger partial charge < -0.3 is 5.32 Å². The van der Waals surface area contributed by atoms with E-state index < -0.39 is 0 Å². The molecule has 0 aliphatic rings. The van der Waals surface area contributed by atoms with Crippen LogP contribution in [0.1, 0.15) is 18.5 Å². The molecular weight excluding hydrogens is 368 g/mol. The molecule has 0 radical (unpaired) electrons. The lowest BCUT2D eigenvalue weighted by Gasteiger charge is -2.14. The van der Waals surface area contributed by atoms with Crippen LogP contribution < -0.4 is 5.32 Å². The molecule has 4 aromatic rings. The molecule has 5 nitrogen and oxygen atoms in total. The lowest BCUT2D eigenvalue weighted by atomic mass is 10.0. The van der Waals surface area contributed by atoms with Gasteiger partial charge in [-0.3, -0.25) is 4.79 Å². The molecule has 1 aromatic heterocycles. The van der Waals surface area contributed by atoms with Crippen molar-refractivity contribution in [2.75, 3.05) is 5.75 Å². The van der Waals surface area contributed by atoms with E-state index in [1.54, 1.807) is 11.0 Å². The van der Waals surface area contributed by atoms with Crippen molar-refractivity contribution in [2.45, 2.75) is 18.1 Å². The van der Waals surface area contributed by atoms with Crippen molar-refractivity contribution in [3.63, 3.8) is 0 Å². The number of amides is 1. The summed E-state index contributed by atoms with van der Waals surface area (Å²) >= 11 is 1.33. The van der Waals surface area contributed by atoms with Crippen LogP contribution in [-0.2, 0) is 4.79 Å². The Kier molecular flexibility index (Phi) is 5.39. The maximum absolute atomic E-state index is 12.3. The second kappa shape index (κ2) is 8.27. The minimum atomic E-state index is -0.0625. The minimum Gasteiger partial charge on any atom is -0.349 e. The van der Waals surface area contributed by atoms with Crippen LogP contribution in [0.5, 0.6) is 0 Å². The fourth-order valence-electron chi connectivity index (χ4n) is 2.99. The van der Waals surface area contributed by atoms with Gasteiger partial charge in [-0.05, 0) is 41.5 Å². The Morgan fingerprint density at radius 1 is 1.04 bits per heavy atom. The smallest absolute Gasteiger partial charge is 0.230 e. The maximum Gasteiger partial charge on any atom is 0.230 e. The first kappa shape index (κ1) is 18.3. The van der Waals surface area contributed by atoms with Gasteiger partial charge in [0.25, 0.3) is 0 Å². The second-order valence-electron chi connectivity index (χ2n) is 6.49. The van der Waals surface area contributed by atoms with Crippen molar-refractivity contribution in [1.82, 2.24) is 20.1 Å². The first-order valence-electron chi connectivity index (χ1n) is 9.07. The fourth-order valence-corrected chi connectivity index (χ4v) is 3.60. The molecular formula is C22H20N4OS. The molecule has 0 fully saturated rings. The summed E-state index contributed by atoms with van der Waals surface area (Å²) in [6.45, 7) is 2.00. The molecule has 1 unspecified atom stereocenters. The van der Waals surface area contributed by atoms with Crippen molar-refractivity contribution < 1.29 is 4.79 Å². The van der Waals surface area contributed by atoms with Gasteiger partial charge in [0.1, 0.15) is 6.33 Å². The number of aromatic nitrogens is 3. The van der Waals surface area contributed by atoms with E-state index in [9.17, 15) is 4.79 Å². The van der Waals surface area contributed by atoms with Gasteiger partial charge in [-0.15, -0.1) is 5.10 Å². The summed E-state index contributed by atoms with van der Waals surface area (Å²) in [6, 6.07) is 24.2. The monoisotopic (exact) mass is 388 g/mol. The van der Waals surface area contributed by atoms with Crippen molar-refractivity contribution in [1.29, 1.82) is 0 Å². The van der Waals surface area contributed by atoms with Crippen LogP contribution in [0.2, 0.25) is 0 Å². The number of rotatable bonds is 6. The first-order chi connectivity index (χ1) is 13.7. The van der Waals surface area contributed by atoms with Crippen LogP contribution in [0, 0.1) is 0 Å². The van der Waals surface area contributed by atoms with E-state index in [1.165, 1.54) is 22.5 Å². The van der Waals surface area contributed by atoms with Gasteiger partial charge in [0.2, 0.25) is 11.1 Å². The number of fused-ring (bicyclic) bond motifs is 1. The number of nitrogens with one attached hydrogen (secondary N) is 1. The van der Waals surface area contributed by atoms with Gasteiger partial charge in [-0.2, -0.15) is 0 Å². The second-order valence-corrected chi connectivity index (χ2v) is 7.43. The molecule has 1 N–H and O–H groups in total. The Balaban J connectivity index is 1.34. The SMILES string of the molecule is CC(NC(=O)CSc1ncn(-c2ccccc2)n1)c1ccc2ccccc2c1. The van der Waals surface area contributed by atoms with Gasteiger partial charge in [0.05, 0.1) is 17.5 Å². The molecule has 0 saturated heterocycles. The van der Waals surface area contributed by atoms with Gasteiger partial charge in [0, 0.05) is 0 Å². The molecule has 0 spiro atoms. The number of para-hydroxylation sites is 1. The maximum atomic E-state index is 12.3. The number of carbonyl (C=O) groups is 1. The van der Waals surface area contributed by atoms with E-state index in [0.29, 0.717) is 5.16 Å². The largest absolute Gasteiger partial charge is 0.349 e. The van der Waals surface area contributed by atoms with Crippen LogP contribution >= 0.6 is 11.8 Å². The highest BCUT2D eigenvalue weighted by molar-refractivity contribution is 7.99. The molecule has 1 amide bonds. The minimum absolute atomic E-state index is 0.0401. The molecule has 28 heavy (non-hydrogen) atoms. The molecule has 1 heterocycles. The van der Waals surface area contributed by atoms with Crippen LogP contribution in [0.3, 0.4) is 0 Å². The van der Waals surface area contributed by atoms with Gasteiger partial charge in [-0.25, -0.2) is 9.67 Å². The Morgan fingerprint density at radius 3 is 2.61 bits per heavy atom. The zero-order chi connectivity index (χ0) is 19.3. The van der Waals surface area contributed by atoms with Crippen molar-refractivity contribution >= 4 is 28.4 Å². The fraction of sp³-hybridized carbons (Fsp3) is 0.136. The molecule has 6 heteroatoms. The van der Waals surface area contributed by atoms with Crippen molar-refractivity contribution in [3.05, 3.63) is 84.7 Å². The third-order valence-corrected chi connectivity index (χ3v) is 5.33. The highest BCUT2D eigenvalue weighted by atomic mass is 32.2. The van der Waals surface area contributed by atoms with Crippen molar-refractivity contribution in [3.8, 4) is 5.69 Å². The van der Waals surface area contributed by atoms with E-state index in [2.05, 4.69) is 45.7 Å². The quantitative estimate of drug-likeness (QED) is 0.498. The Morgan fingerprint density at radius 2 is 1.79 bits per heavy atom. The van der Waals surface area contributed by atoms with Gasteiger partial charge >= 0.3 is 0 Å². The Labute approximate surface area is 167 Å². The molecule has 0 saturated carbocycles.